The van der Waals surface area contributed by atoms with Crippen molar-refractivity contribution in [2.75, 3.05) is 0 Å². The fourth-order valence-corrected chi connectivity index (χ4v) is 1.50. The van der Waals surface area contributed by atoms with E-state index in [1.165, 1.54) is 0 Å². The third-order valence-electron chi connectivity index (χ3n) is 0.667. The molecular weight excluding hydrogens is 400 g/mol. The van der Waals surface area contributed by atoms with Crippen LogP contribution in [0.25, 0.3) is 0 Å². The second-order valence-electron chi connectivity index (χ2n) is 4.35. The van der Waals surface area contributed by atoms with Gasteiger partial charge in [-0.1, -0.05) is 31.4 Å². The van der Waals surface area contributed by atoms with Gasteiger partial charge in [-0.2, -0.15) is 0 Å². The number of hydrogen-bond donors (Lipinski definition) is 0. The van der Waals surface area contributed by atoms with E-state index in [0.717, 1.165) is 0 Å². The first kappa shape index (κ1) is 35.1. The van der Waals surface area contributed by atoms with E-state index in [1.54, 1.807) is 0 Å². The van der Waals surface area contributed by atoms with Gasteiger partial charge in [0.15, 0.2) is 0 Å². The number of halogens is 12. The molecule has 0 bridgehead atoms. The third kappa shape index (κ3) is 411. The van der Waals surface area contributed by atoms with Gasteiger partial charge in [-0.15, -0.1) is 0 Å². The Morgan fingerprint density at radius 1 is 0.609 bits per heavy atom. The van der Waals surface area contributed by atoms with E-state index in [0.29, 0.717) is 0 Å². The Morgan fingerprint density at radius 3 is 0.739 bits per heavy atom. The minimum absolute atomic E-state index is 0. The molecule has 0 rings (SSSR count). The van der Waals surface area contributed by atoms with Gasteiger partial charge in [0.05, 0.1) is 8.07 Å². The van der Waals surface area contributed by atoms with Gasteiger partial charge in [0.25, 0.3) is 0 Å². The van der Waals surface area contributed by atoms with Crippen LogP contribution >= 0.6 is 0 Å². The standard InChI is InChI=1S/C6H14Si.3BF4.K.H/c1-5-6-7(2,3)4;3*2-1(3,4)5;;/h5-6H,1-4H3;;;;;/q;3*-1;+1;-1. The van der Waals surface area contributed by atoms with Crippen molar-refractivity contribution in [1.29, 1.82) is 0 Å². The SMILES string of the molecule is CC=C[Si](C)(C)C.F[B-](F)(F)F.F[B-](F)(F)F.F[B-](F)(F)F.[H-].[K+]. The first-order chi connectivity index (χ1) is 9.06. The average Bonchev–Trinajstić information content (AvgIpc) is 1.88. The van der Waals surface area contributed by atoms with Crippen LogP contribution < -0.4 is 51.4 Å². The average molecular weight is 415 g/mol. The Kier molecular flexibility index (Phi) is 23.2. The Hall–Kier alpha value is 0.948. The molecule has 0 saturated heterocycles. The van der Waals surface area contributed by atoms with Gasteiger partial charge in [-0.25, -0.2) is 0 Å². The van der Waals surface area contributed by atoms with Crippen molar-refractivity contribution in [3.05, 3.63) is 11.8 Å². The second-order valence-corrected chi connectivity index (χ2v) is 9.42. The zero-order valence-electron chi connectivity index (χ0n) is 13.9. The van der Waals surface area contributed by atoms with Crippen LogP contribution in [0.3, 0.4) is 0 Å². The van der Waals surface area contributed by atoms with Crippen molar-refractivity contribution in [3.63, 3.8) is 0 Å². The summed E-state index contributed by atoms with van der Waals surface area (Å²) >= 11 is 0. The molecule has 0 N–H and O–H groups in total. The monoisotopic (exact) mass is 415 g/mol. The van der Waals surface area contributed by atoms with Crippen LogP contribution in [0.15, 0.2) is 11.8 Å². The zero-order chi connectivity index (χ0) is 19.4. The van der Waals surface area contributed by atoms with Crippen LogP contribution in [-0.4, -0.2) is 29.8 Å². The van der Waals surface area contributed by atoms with Crippen molar-refractivity contribution < 1.29 is 105 Å². The van der Waals surface area contributed by atoms with Crippen molar-refractivity contribution in [3.8, 4) is 0 Å². The molecule has 0 heterocycles. The molecule has 0 amide bonds. The molecule has 0 aliphatic heterocycles. The molecule has 0 aromatic heterocycles. The van der Waals surface area contributed by atoms with Crippen molar-refractivity contribution in [2.45, 2.75) is 26.6 Å². The Bertz CT molecular complexity index is 240. The quantitative estimate of drug-likeness (QED) is 0.455. The minimum Gasteiger partial charge on any atom is -1.00 e. The molecule has 0 nitrogen and oxygen atoms in total. The summed E-state index contributed by atoms with van der Waals surface area (Å²) in [7, 11) is -18.8. The van der Waals surface area contributed by atoms with E-state index in [-0.39, 0.29) is 52.8 Å². The normalized spacial score (nSPS) is 11.8. The van der Waals surface area contributed by atoms with Gasteiger partial charge in [-0.3, -0.25) is 0 Å². The van der Waals surface area contributed by atoms with E-state index >= 15 is 0 Å². The molecule has 0 fully saturated rings. The molecule has 17 heteroatoms. The van der Waals surface area contributed by atoms with E-state index < -0.39 is 29.8 Å². The van der Waals surface area contributed by atoms with Gasteiger partial charge >= 0.3 is 73.1 Å². The maximum absolute atomic E-state index is 9.75. The summed E-state index contributed by atoms with van der Waals surface area (Å²) in [6.45, 7) is 9.06. The van der Waals surface area contributed by atoms with Crippen LogP contribution in [-0.2, 0) is 0 Å². The first-order valence-corrected chi connectivity index (χ1v) is 8.90. The second kappa shape index (κ2) is 15.2. The Morgan fingerprint density at radius 2 is 0.739 bits per heavy atom. The summed E-state index contributed by atoms with van der Waals surface area (Å²) in [4.78, 5) is 0. The van der Waals surface area contributed by atoms with Gasteiger partial charge in [-0.05, 0) is 6.92 Å². The molecule has 0 saturated carbocycles. The number of hydrogen-bond acceptors (Lipinski definition) is 0. The Labute approximate surface area is 171 Å². The van der Waals surface area contributed by atoms with Gasteiger partial charge in [0, 0.05) is 0 Å². The van der Waals surface area contributed by atoms with Crippen LogP contribution in [0.5, 0.6) is 0 Å². The fraction of sp³-hybridized carbons (Fsp3) is 0.667. The minimum atomic E-state index is -6.00. The molecule has 0 unspecified atom stereocenters. The number of allylic oxidation sites excluding steroid dienone is 1. The predicted molar refractivity (Wildman–Crippen MR) is 69.8 cm³/mol. The summed E-state index contributed by atoms with van der Waals surface area (Å²) in [5.74, 6) is 0. The number of rotatable bonds is 1. The van der Waals surface area contributed by atoms with E-state index in [2.05, 4.69) is 38.3 Å². The molecule has 0 aliphatic carbocycles. The molecule has 0 aliphatic rings. The molecule has 0 radical (unpaired) electrons. The zero-order valence-corrected chi connectivity index (χ0v) is 17.0. The molecule has 0 aromatic carbocycles. The van der Waals surface area contributed by atoms with E-state index in [4.69, 9.17) is 0 Å². The third-order valence-corrected chi connectivity index (χ3v) is 2.00. The van der Waals surface area contributed by atoms with Crippen LogP contribution in [0, 0.1) is 0 Å². The molecule has 0 aromatic rings. The fourth-order valence-electron chi connectivity index (χ4n) is 0.500. The van der Waals surface area contributed by atoms with Gasteiger partial charge in [0.2, 0.25) is 0 Å². The van der Waals surface area contributed by atoms with Gasteiger partial charge in [0.1, 0.15) is 0 Å². The summed E-state index contributed by atoms with van der Waals surface area (Å²) in [5.41, 5.74) is 2.33. The first-order valence-electron chi connectivity index (χ1n) is 5.32. The predicted octanol–water partition coefficient (Wildman–Crippen LogP) is 3.46. The van der Waals surface area contributed by atoms with Crippen molar-refractivity contribution in [2.24, 2.45) is 0 Å². The van der Waals surface area contributed by atoms with Crippen molar-refractivity contribution in [1.82, 2.24) is 0 Å². The molecular formula is C6H15B3F12KSi-3. The van der Waals surface area contributed by atoms with Crippen LogP contribution in [0.2, 0.25) is 19.6 Å². The summed E-state index contributed by atoms with van der Waals surface area (Å²) in [6.07, 6.45) is 2.15. The van der Waals surface area contributed by atoms with Crippen molar-refractivity contribution >= 4 is 29.8 Å². The topological polar surface area (TPSA) is 0 Å². The summed E-state index contributed by atoms with van der Waals surface area (Å²) < 4.78 is 117. The summed E-state index contributed by atoms with van der Waals surface area (Å²) in [6, 6.07) is 0. The molecule has 23 heavy (non-hydrogen) atoms. The summed E-state index contributed by atoms with van der Waals surface area (Å²) in [5, 5.41) is 0. The molecule has 0 spiro atoms. The molecule has 140 valence electrons. The van der Waals surface area contributed by atoms with Gasteiger partial charge < -0.3 is 53.2 Å². The largest absolute Gasteiger partial charge is 1.00 e. The smallest absolute Gasteiger partial charge is 1.00 e. The maximum atomic E-state index is 9.75. The van der Waals surface area contributed by atoms with E-state index in [1.807, 2.05) is 0 Å². The van der Waals surface area contributed by atoms with Crippen LogP contribution in [0.1, 0.15) is 8.35 Å². The van der Waals surface area contributed by atoms with E-state index in [9.17, 15) is 51.8 Å². The molecule has 0 atom stereocenters. The maximum Gasteiger partial charge on any atom is 1.00 e. The van der Waals surface area contributed by atoms with Crippen LogP contribution in [0.4, 0.5) is 51.8 Å². The Balaban J connectivity index is -0.0000000443.